The fraction of sp³-hybridized carbons (Fsp3) is 0.333. The highest BCUT2D eigenvalue weighted by molar-refractivity contribution is 8.14. The third kappa shape index (κ3) is 2.79. The molecule has 0 aliphatic carbocycles. The minimum Gasteiger partial charge on any atom is -0.448 e. The van der Waals surface area contributed by atoms with E-state index in [4.69, 9.17) is 4.74 Å². The largest absolute Gasteiger partial charge is 0.448 e. The molecule has 4 nitrogen and oxygen atoms in total. The summed E-state index contributed by atoms with van der Waals surface area (Å²) in [6.45, 7) is 2.76. The van der Waals surface area contributed by atoms with Crippen LogP contribution in [0.2, 0.25) is 0 Å². The van der Waals surface area contributed by atoms with Gasteiger partial charge >= 0.3 is 6.09 Å². The fourth-order valence-corrected chi connectivity index (χ4v) is 2.73. The number of carbonyl (C=O) groups excluding carboxylic acids is 1. The smallest absolute Gasteiger partial charge is 0.434 e. The molecule has 0 saturated carbocycles. The second-order valence-corrected chi connectivity index (χ2v) is 4.75. The lowest BCUT2D eigenvalue weighted by Crippen LogP contribution is -2.28. The molecule has 0 N–H and O–H groups in total. The zero-order valence-electron chi connectivity index (χ0n) is 9.84. The van der Waals surface area contributed by atoms with E-state index < -0.39 is 6.09 Å². The summed E-state index contributed by atoms with van der Waals surface area (Å²) in [4.78, 5) is 18.4. The van der Waals surface area contributed by atoms with Gasteiger partial charge < -0.3 is 9.64 Å². The van der Waals surface area contributed by atoms with Gasteiger partial charge in [-0.1, -0.05) is 23.9 Å². The summed E-state index contributed by atoms with van der Waals surface area (Å²) in [7, 11) is 1.99. The molecule has 0 radical (unpaired) electrons. The number of anilines is 1. The van der Waals surface area contributed by atoms with Gasteiger partial charge in [0, 0.05) is 11.9 Å². The summed E-state index contributed by atoms with van der Waals surface area (Å²) >= 11 is 1.52. The van der Waals surface area contributed by atoms with Crippen LogP contribution in [-0.4, -0.2) is 31.3 Å². The van der Waals surface area contributed by atoms with Crippen molar-refractivity contribution in [3.8, 4) is 0 Å². The molecule has 0 unspecified atom stereocenters. The minimum atomic E-state index is -0.511. The highest BCUT2D eigenvalue weighted by Crippen LogP contribution is 2.34. The Hall–Kier alpha value is -1.49. The van der Waals surface area contributed by atoms with Gasteiger partial charge in [-0.3, -0.25) is 0 Å². The van der Waals surface area contributed by atoms with Gasteiger partial charge in [-0.15, -0.1) is 0 Å². The van der Waals surface area contributed by atoms with Gasteiger partial charge in [0.2, 0.25) is 0 Å². The first kappa shape index (κ1) is 12.0. The molecule has 17 heavy (non-hydrogen) atoms. The van der Waals surface area contributed by atoms with Crippen LogP contribution in [0.4, 0.5) is 10.5 Å². The maximum atomic E-state index is 11.3. The first-order valence-corrected chi connectivity index (χ1v) is 6.24. The van der Waals surface area contributed by atoms with Crippen LogP contribution in [0.1, 0.15) is 6.92 Å². The number of thioether (sulfide) groups is 1. The van der Waals surface area contributed by atoms with Crippen LogP contribution < -0.4 is 4.90 Å². The number of para-hydroxylation sites is 1. The van der Waals surface area contributed by atoms with Crippen molar-refractivity contribution in [1.82, 2.24) is 0 Å². The molecule has 90 valence electrons. The van der Waals surface area contributed by atoms with Crippen LogP contribution in [0, 0.1) is 0 Å². The number of aliphatic imine (C=N–C) groups is 1. The highest BCUT2D eigenvalue weighted by atomic mass is 32.2. The molecule has 5 heteroatoms. The van der Waals surface area contributed by atoms with E-state index in [0.717, 1.165) is 9.94 Å². The molecule has 1 heterocycles. The molecule has 1 aliphatic heterocycles. The first-order valence-electron chi connectivity index (χ1n) is 5.43. The Morgan fingerprint density at radius 1 is 1.53 bits per heavy atom. The molecule has 0 aromatic heterocycles. The highest BCUT2D eigenvalue weighted by Gasteiger charge is 2.19. The number of rotatable bonds is 1. The zero-order chi connectivity index (χ0) is 12.3. The van der Waals surface area contributed by atoms with Crippen molar-refractivity contribution in [3.05, 3.63) is 24.3 Å². The predicted molar refractivity (Wildman–Crippen MR) is 70.0 cm³/mol. The van der Waals surface area contributed by atoms with Crippen molar-refractivity contribution >= 4 is 28.6 Å². The topological polar surface area (TPSA) is 41.9 Å². The monoisotopic (exact) mass is 250 g/mol. The van der Waals surface area contributed by atoms with E-state index in [0.29, 0.717) is 13.2 Å². The van der Waals surface area contributed by atoms with E-state index in [1.54, 1.807) is 6.92 Å². The van der Waals surface area contributed by atoms with E-state index >= 15 is 0 Å². The second-order valence-electron chi connectivity index (χ2n) is 3.63. The maximum absolute atomic E-state index is 11.3. The maximum Gasteiger partial charge on any atom is 0.434 e. The van der Waals surface area contributed by atoms with E-state index in [1.165, 1.54) is 17.4 Å². The Bertz CT molecular complexity index is 460. The average Bonchev–Trinajstić information content (AvgIpc) is 2.29. The summed E-state index contributed by atoms with van der Waals surface area (Å²) in [5.74, 6) is 0. The Kier molecular flexibility index (Phi) is 3.68. The van der Waals surface area contributed by atoms with Crippen LogP contribution in [-0.2, 0) is 4.74 Å². The fourth-order valence-electron chi connectivity index (χ4n) is 1.62. The van der Waals surface area contributed by atoms with Gasteiger partial charge in [0.25, 0.3) is 0 Å². The Morgan fingerprint density at radius 2 is 2.29 bits per heavy atom. The molecular weight excluding hydrogens is 236 g/mol. The number of carbonyl (C=O) groups is 1. The van der Waals surface area contributed by atoms with Crippen LogP contribution in [0.5, 0.6) is 0 Å². The normalized spacial score (nSPS) is 16.8. The molecule has 1 amide bonds. The minimum absolute atomic E-state index is 0.354. The molecule has 2 rings (SSSR count). The van der Waals surface area contributed by atoms with Crippen molar-refractivity contribution < 1.29 is 9.53 Å². The second kappa shape index (κ2) is 5.23. The predicted octanol–water partition coefficient (Wildman–Crippen LogP) is 2.78. The quantitative estimate of drug-likeness (QED) is 0.768. The molecule has 0 atom stereocenters. The molecule has 0 saturated heterocycles. The molecule has 0 spiro atoms. The summed E-state index contributed by atoms with van der Waals surface area (Å²) in [5.41, 5.74) is 1.17. The lowest BCUT2D eigenvalue weighted by molar-refractivity contribution is 0.163. The van der Waals surface area contributed by atoms with Gasteiger partial charge in [-0.25, -0.2) is 4.79 Å². The van der Waals surface area contributed by atoms with Gasteiger partial charge in [0.15, 0.2) is 0 Å². The average molecular weight is 250 g/mol. The van der Waals surface area contributed by atoms with Crippen molar-refractivity contribution in [3.63, 3.8) is 0 Å². The molecule has 1 aromatic carbocycles. The first-order chi connectivity index (χ1) is 8.20. The van der Waals surface area contributed by atoms with Crippen molar-refractivity contribution in [2.24, 2.45) is 4.99 Å². The summed E-state index contributed by atoms with van der Waals surface area (Å²) in [6.07, 6.45) is -0.511. The van der Waals surface area contributed by atoms with E-state index in [1.807, 2.05) is 25.2 Å². The van der Waals surface area contributed by atoms with Crippen molar-refractivity contribution in [2.75, 3.05) is 25.1 Å². The lowest BCUT2D eigenvalue weighted by atomic mass is 10.3. The Morgan fingerprint density at radius 3 is 3.06 bits per heavy atom. The lowest BCUT2D eigenvalue weighted by Gasteiger charge is -2.27. The van der Waals surface area contributed by atoms with E-state index in [2.05, 4.69) is 16.0 Å². The van der Waals surface area contributed by atoms with Crippen LogP contribution >= 0.6 is 11.8 Å². The van der Waals surface area contributed by atoms with Gasteiger partial charge in [-0.2, -0.15) is 4.99 Å². The number of amides is 1. The molecular formula is C12H14N2O2S. The van der Waals surface area contributed by atoms with Crippen LogP contribution in [0.3, 0.4) is 0 Å². The van der Waals surface area contributed by atoms with Crippen molar-refractivity contribution in [1.29, 1.82) is 0 Å². The summed E-state index contributed by atoms with van der Waals surface area (Å²) in [5, 5.41) is 0.768. The van der Waals surface area contributed by atoms with E-state index in [-0.39, 0.29) is 0 Å². The Balaban J connectivity index is 2.19. The summed E-state index contributed by atoms with van der Waals surface area (Å²) < 4.78 is 4.81. The molecule has 0 fully saturated rings. The SMILES string of the molecule is CCOC(=O)/N=C1\CN(C)c2ccccc2S1. The number of hydrogen-bond acceptors (Lipinski definition) is 4. The third-order valence-electron chi connectivity index (χ3n) is 2.36. The molecule has 0 bridgehead atoms. The summed E-state index contributed by atoms with van der Waals surface area (Å²) in [6, 6.07) is 8.07. The molecule has 1 aromatic rings. The number of hydrogen-bond donors (Lipinski definition) is 0. The van der Waals surface area contributed by atoms with E-state index in [9.17, 15) is 4.79 Å². The molecule has 1 aliphatic rings. The number of benzene rings is 1. The zero-order valence-corrected chi connectivity index (χ0v) is 10.7. The standard InChI is InChI=1S/C12H14N2O2S/c1-3-16-12(15)13-11-8-14(2)9-6-4-5-7-10(9)17-11/h4-7H,3,8H2,1-2H3/b13-11+. The number of ether oxygens (including phenoxy) is 1. The van der Waals surface area contributed by atoms with Gasteiger partial charge in [-0.05, 0) is 19.1 Å². The van der Waals surface area contributed by atoms with Crippen LogP contribution in [0.15, 0.2) is 34.2 Å². The van der Waals surface area contributed by atoms with Gasteiger partial charge in [0.05, 0.1) is 18.8 Å². The van der Waals surface area contributed by atoms with Crippen LogP contribution in [0.25, 0.3) is 0 Å². The third-order valence-corrected chi connectivity index (χ3v) is 3.38. The van der Waals surface area contributed by atoms with Crippen molar-refractivity contribution in [2.45, 2.75) is 11.8 Å². The Labute approximate surface area is 105 Å². The number of nitrogens with zero attached hydrogens (tertiary/aromatic N) is 2. The van der Waals surface area contributed by atoms with Gasteiger partial charge in [0.1, 0.15) is 5.04 Å². The number of fused-ring (bicyclic) bond motifs is 1.